The first kappa shape index (κ1) is 22.3. The predicted molar refractivity (Wildman–Crippen MR) is 116 cm³/mol. The lowest BCUT2D eigenvalue weighted by Gasteiger charge is -2.29. The molecule has 0 aromatic carbocycles. The van der Waals surface area contributed by atoms with Crippen molar-refractivity contribution in [3.8, 4) is 0 Å². The number of rotatable bonds is 1. The molecule has 2 aliphatic carbocycles. The van der Waals surface area contributed by atoms with Gasteiger partial charge in [0, 0.05) is 6.04 Å². The van der Waals surface area contributed by atoms with Gasteiger partial charge in [0.2, 0.25) is 0 Å². The standard InChI is InChI=1S/C25H49N/c1-22-14-7-3-2-4-8-16-24(19-13-15-22)23-17-9-5-11-20-25(26)21-12-6-10-18-23/h22-25H,2-21,26H2,1H3/t22-,23?,24?,25?/m1/s1. The van der Waals surface area contributed by atoms with E-state index >= 15 is 0 Å². The van der Waals surface area contributed by atoms with Crippen molar-refractivity contribution < 1.29 is 0 Å². The van der Waals surface area contributed by atoms with Crippen molar-refractivity contribution in [1.29, 1.82) is 0 Å². The lowest BCUT2D eigenvalue weighted by atomic mass is 9.77. The summed E-state index contributed by atoms with van der Waals surface area (Å²) in [5.41, 5.74) is 6.25. The van der Waals surface area contributed by atoms with E-state index in [2.05, 4.69) is 6.92 Å². The summed E-state index contributed by atoms with van der Waals surface area (Å²) in [6, 6.07) is 0.485. The minimum absolute atomic E-state index is 0.485. The van der Waals surface area contributed by atoms with E-state index in [4.69, 9.17) is 5.73 Å². The summed E-state index contributed by atoms with van der Waals surface area (Å²) >= 11 is 0. The SMILES string of the molecule is C[C@@H]1CCCCCCCC(C2CCCCCC(N)CCCCC2)CCC1. The lowest BCUT2D eigenvalue weighted by Crippen LogP contribution is -2.20. The van der Waals surface area contributed by atoms with Crippen LogP contribution in [0.2, 0.25) is 0 Å². The summed E-state index contributed by atoms with van der Waals surface area (Å²) < 4.78 is 0. The minimum Gasteiger partial charge on any atom is -0.328 e. The topological polar surface area (TPSA) is 26.0 Å². The van der Waals surface area contributed by atoms with Gasteiger partial charge < -0.3 is 5.73 Å². The second-order valence-corrected chi connectivity index (χ2v) is 9.94. The van der Waals surface area contributed by atoms with E-state index in [0.29, 0.717) is 6.04 Å². The van der Waals surface area contributed by atoms with Gasteiger partial charge in [0.15, 0.2) is 0 Å². The normalized spacial score (nSPS) is 35.3. The van der Waals surface area contributed by atoms with Crippen LogP contribution in [0.3, 0.4) is 0 Å². The van der Waals surface area contributed by atoms with Crippen LogP contribution in [-0.2, 0) is 0 Å². The Hall–Kier alpha value is -0.0400. The van der Waals surface area contributed by atoms with Crippen molar-refractivity contribution in [2.75, 3.05) is 0 Å². The summed E-state index contributed by atoms with van der Waals surface area (Å²) in [4.78, 5) is 0. The Balaban J connectivity index is 1.86. The molecule has 0 saturated heterocycles. The molecule has 0 spiro atoms. The molecule has 2 N–H and O–H groups in total. The fourth-order valence-corrected chi connectivity index (χ4v) is 5.66. The van der Waals surface area contributed by atoms with Gasteiger partial charge in [-0.3, -0.25) is 0 Å². The molecule has 154 valence electrons. The highest BCUT2D eigenvalue weighted by Gasteiger charge is 2.21. The van der Waals surface area contributed by atoms with Crippen LogP contribution in [0.15, 0.2) is 0 Å². The van der Waals surface area contributed by atoms with Gasteiger partial charge in [-0.15, -0.1) is 0 Å². The average Bonchev–Trinajstić information content (AvgIpc) is 2.61. The van der Waals surface area contributed by atoms with Crippen LogP contribution in [0.1, 0.15) is 135 Å². The van der Waals surface area contributed by atoms with Gasteiger partial charge in [-0.1, -0.05) is 122 Å². The average molecular weight is 364 g/mol. The molecule has 0 amide bonds. The third kappa shape index (κ3) is 9.77. The van der Waals surface area contributed by atoms with E-state index in [9.17, 15) is 0 Å². The fourth-order valence-electron chi connectivity index (χ4n) is 5.66. The van der Waals surface area contributed by atoms with E-state index < -0.39 is 0 Å². The largest absolute Gasteiger partial charge is 0.328 e. The van der Waals surface area contributed by atoms with Crippen LogP contribution in [0.25, 0.3) is 0 Å². The van der Waals surface area contributed by atoms with Gasteiger partial charge in [-0.2, -0.15) is 0 Å². The maximum absolute atomic E-state index is 6.25. The molecule has 2 saturated carbocycles. The molecule has 0 radical (unpaired) electrons. The quantitative estimate of drug-likeness (QED) is 0.501. The molecule has 0 heterocycles. The first-order valence-corrected chi connectivity index (χ1v) is 12.5. The third-order valence-corrected chi connectivity index (χ3v) is 7.51. The van der Waals surface area contributed by atoms with E-state index in [-0.39, 0.29) is 0 Å². The van der Waals surface area contributed by atoms with Crippen LogP contribution < -0.4 is 5.73 Å². The molecule has 1 heteroatoms. The molecule has 0 aromatic heterocycles. The van der Waals surface area contributed by atoms with Crippen molar-refractivity contribution in [1.82, 2.24) is 0 Å². The minimum atomic E-state index is 0.485. The van der Waals surface area contributed by atoms with Crippen molar-refractivity contribution in [3.63, 3.8) is 0 Å². The first-order valence-electron chi connectivity index (χ1n) is 12.5. The Morgan fingerprint density at radius 2 is 0.769 bits per heavy atom. The second-order valence-electron chi connectivity index (χ2n) is 9.94. The van der Waals surface area contributed by atoms with E-state index in [1.807, 2.05) is 0 Å². The molecule has 2 rings (SSSR count). The lowest BCUT2D eigenvalue weighted by molar-refractivity contribution is 0.229. The van der Waals surface area contributed by atoms with Crippen LogP contribution in [0, 0.1) is 17.8 Å². The fraction of sp³-hybridized carbons (Fsp3) is 1.00. The molecular formula is C25H49N. The van der Waals surface area contributed by atoms with Crippen molar-refractivity contribution in [3.05, 3.63) is 0 Å². The van der Waals surface area contributed by atoms with E-state index in [1.54, 1.807) is 0 Å². The van der Waals surface area contributed by atoms with Crippen molar-refractivity contribution in [2.24, 2.45) is 23.5 Å². The van der Waals surface area contributed by atoms with E-state index in [0.717, 1.165) is 17.8 Å². The third-order valence-electron chi connectivity index (χ3n) is 7.51. The van der Waals surface area contributed by atoms with Gasteiger partial charge in [-0.25, -0.2) is 0 Å². The molecule has 2 fully saturated rings. The number of hydrogen-bond acceptors (Lipinski definition) is 1. The monoisotopic (exact) mass is 363 g/mol. The van der Waals surface area contributed by atoms with Gasteiger partial charge in [0.1, 0.15) is 0 Å². The van der Waals surface area contributed by atoms with Crippen molar-refractivity contribution in [2.45, 2.75) is 141 Å². The molecule has 1 unspecified atom stereocenters. The Morgan fingerprint density at radius 3 is 1.35 bits per heavy atom. The van der Waals surface area contributed by atoms with E-state index in [1.165, 1.54) is 128 Å². The van der Waals surface area contributed by atoms with Crippen LogP contribution in [0.5, 0.6) is 0 Å². The van der Waals surface area contributed by atoms with Gasteiger partial charge in [0.05, 0.1) is 0 Å². The molecule has 26 heavy (non-hydrogen) atoms. The van der Waals surface area contributed by atoms with Gasteiger partial charge in [-0.05, 0) is 30.6 Å². The summed E-state index contributed by atoms with van der Waals surface area (Å²) in [5, 5.41) is 0. The Labute approximate surface area is 165 Å². The molecule has 0 aromatic rings. The smallest absolute Gasteiger partial charge is 0.00388 e. The summed E-state index contributed by atoms with van der Waals surface area (Å²) in [6.45, 7) is 2.50. The van der Waals surface area contributed by atoms with Crippen LogP contribution in [0.4, 0.5) is 0 Å². The number of nitrogens with two attached hydrogens (primary N) is 1. The Morgan fingerprint density at radius 1 is 0.423 bits per heavy atom. The number of hydrogen-bond donors (Lipinski definition) is 1. The predicted octanol–water partition coefficient (Wildman–Crippen LogP) is 8.01. The molecular weight excluding hydrogens is 314 g/mol. The molecule has 2 atom stereocenters. The zero-order valence-corrected chi connectivity index (χ0v) is 18.0. The summed E-state index contributed by atoms with van der Waals surface area (Å²) in [7, 11) is 0. The highest BCUT2D eigenvalue weighted by molar-refractivity contribution is 4.74. The maximum Gasteiger partial charge on any atom is 0.00388 e. The molecule has 1 nitrogen and oxygen atoms in total. The summed E-state index contributed by atoms with van der Waals surface area (Å²) in [5.74, 6) is 3.03. The zero-order chi connectivity index (χ0) is 18.5. The van der Waals surface area contributed by atoms with Gasteiger partial charge in [0.25, 0.3) is 0 Å². The summed E-state index contributed by atoms with van der Waals surface area (Å²) in [6.07, 6.45) is 29.1. The Bertz CT molecular complexity index is 312. The highest BCUT2D eigenvalue weighted by Crippen LogP contribution is 2.34. The highest BCUT2D eigenvalue weighted by atomic mass is 14.6. The maximum atomic E-state index is 6.25. The van der Waals surface area contributed by atoms with Crippen molar-refractivity contribution >= 4 is 0 Å². The zero-order valence-electron chi connectivity index (χ0n) is 18.0. The first-order chi connectivity index (χ1) is 12.8. The molecule has 2 aliphatic rings. The van der Waals surface area contributed by atoms with Crippen LogP contribution >= 0.6 is 0 Å². The van der Waals surface area contributed by atoms with Crippen LogP contribution in [-0.4, -0.2) is 6.04 Å². The molecule has 0 aliphatic heterocycles. The van der Waals surface area contributed by atoms with Gasteiger partial charge >= 0.3 is 0 Å². The Kier molecular flexibility index (Phi) is 12.0. The second kappa shape index (κ2) is 14.0. The molecule has 0 bridgehead atoms.